The number of rotatable bonds is 7. The van der Waals surface area contributed by atoms with Gasteiger partial charge in [-0.15, -0.1) is 0 Å². The van der Waals surface area contributed by atoms with E-state index in [4.69, 9.17) is 5.73 Å². The van der Waals surface area contributed by atoms with Gasteiger partial charge in [0.1, 0.15) is 0 Å². The van der Waals surface area contributed by atoms with Crippen LogP contribution in [0, 0.1) is 0 Å². The minimum absolute atomic E-state index is 0.101. The van der Waals surface area contributed by atoms with Crippen LogP contribution in [0.3, 0.4) is 0 Å². The molecule has 1 aromatic carbocycles. The van der Waals surface area contributed by atoms with E-state index in [1.54, 1.807) is 38.1 Å². The summed E-state index contributed by atoms with van der Waals surface area (Å²) in [5.74, 6) is -0.206. The molecule has 7 heteroatoms. The number of benzene rings is 1. The third-order valence-corrected chi connectivity index (χ3v) is 4.14. The minimum Gasteiger partial charge on any atom is -0.325 e. The molecule has 0 aromatic heterocycles. The van der Waals surface area contributed by atoms with Gasteiger partial charge >= 0.3 is 0 Å². The van der Waals surface area contributed by atoms with E-state index in [2.05, 4.69) is 10.0 Å². The largest absolute Gasteiger partial charge is 0.325 e. The number of sulfonamides is 1. The van der Waals surface area contributed by atoms with Crippen LogP contribution in [0.4, 0.5) is 11.4 Å². The average molecular weight is 313 g/mol. The summed E-state index contributed by atoms with van der Waals surface area (Å²) < 4.78 is 26.0. The van der Waals surface area contributed by atoms with Crippen molar-refractivity contribution < 1.29 is 13.2 Å². The van der Waals surface area contributed by atoms with Crippen LogP contribution in [0.25, 0.3) is 0 Å². The predicted molar refractivity (Wildman–Crippen MR) is 85.7 cm³/mol. The van der Waals surface area contributed by atoms with Gasteiger partial charge in [-0.05, 0) is 44.5 Å². The summed E-state index contributed by atoms with van der Waals surface area (Å²) in [6.45, 7) is 5.16. The van der Waals surface area contributed by atoms with Gasteiger partial charge < -0.3 is 11.1 Å². The van der Waals surface area contributed by atoms with Crippen molar-refractivity contribution in [1.29, 1.82) is 0 Å². The van der Waals surface area contributed by atoms with Crippen molar-refractivity contribution >= 4 is 27.3 Å². The third kappa shape index (κ3) is 6.14. The molecule has 0 aliphatic heterocycles. The lowest BCUT2D eigenvalue weighted by Gasteiger charge is -2.18. The standard InChI is InChI=1S/C14H23N3O3S/c1-4-5-10-21(19,20)17-12-8-6-11(7-9-12)16-13(18)14(2,3)15/h6-9,17H,4-5,10,15H2,1-3H3,(H,16,18). The molecule has 0 saturated carbocycles. The van der Waals surface area contributed by atoms with E-state index in [0.29, 0.717) is 17.8 Å². The van der Waals surface area contributed by atoms with Crippen LogP contribution >= 0.6 is 0 Å². The fraction of sp³-hybridized carbons (Fsp3) is 0.500. The minimum atomic E-state index is -3.31. The maximum Gasteiger partial charge on any atom is 0.243 e. The van der Waals surface area contributed by atoms with E-state index in [1.165, 1.54) is 0 Å². The van der Waals surface area contributed by atoms with E-state index < -0.39 is 15.6 Å². The molecule has 6 nitrogen and oxygen atoms in total. The van der Waals surface area contributed by atoms with E-state index in [0.717, 1.165) is 6.42 Å². The first kappa shape index (κ1) is 17.5. The molecular formula is C14H23N3O3S. The Morgan fingerprint density at radius 2 is 1.71 bits per heavy atom. The maximum absolute atomic E-state index is 11.8. The van der Waals surface area contributed by atoms with Crippen molar-refractivity contribution in [1.82, 2.24) is 0 Å². The molecule has 0 heterocycles. The smallest absolute Gasteiger partial charge is 0.243 e. The molecular weight excluding hydrogens is 290 g/mol. The van der Waals surface area contributed by atoms with Crippen LogP contribution in [0.5, 0.6) is 0 Å². The molecule has 0 spiro atoms. The molecule has 0 fully saturated rings. The van der Waals surface area contributed by atoms with E-state index in [-0.39, 0.29) is 11.7 Å². The van der Waals surface area contributed by atoms with Crippen molar-refractivity contribution in [2.75, 3.05) is 15.8 Å². The van der Waals surface area contributed by atoms with Crippen LogP contribution in [-0.4, -0.2) is 25.6 Å². The molecule has 0 unspecified atom stereocenters. The number of hydrogen-bond donors (Lipinski definition) is 3. The maximum atomic E-state index is 11.8. The van der Waals surface area contributed by atoms with Gasteiger partial charge in [0, 0.05) is 11.4 Å². The summed E-state index contributed by atoms with van der Waals surface area (Å²) in [6.07, 6.45) is 1.44. The Kier molecular flexibility index (Phi) is 5.74. The number of amides is 1. The van der Waals surface area contributed by atoms with Crippen molar-refractivity contribution in [2.45, 2.75) is 39.2 Å². The molecule has 118 valence electrons. The summed E-state index contributed by atoms with van der Waals surface area (Å²) in [4.78, 5) is 11.7. The Hall–Kier alpha value is -1.60. The van der Waals surface area contributed by atoms with Crippen molar-refractivity contribution in [2.24, 2.45) is 5.73 Å². The quantitative estimate of drug-likeness (QED) is 0.715. The molecule has 4 N–H and O–H groups in total. The Morgan fingerprint density at radius 1 is 1.19 bits per heavy atom. The summed E-state index contributed by atoms with van der Waals surface area (Å²) in [6, 6.07) is 6.45. The number of unbranched alkanes of at least 4 members (excludes halogenated alkanes) is 1. The molecule has 1 rings (SSSR count). The normalized spacial score (nSPS) is 12.0. The number of nitrogens with one attached hydrogen (secondary N) is 2. The van der Waals surface area contributed by atoms with Crippen molar-refractivity contribution in [3.8, 4) is 0 Å². The fourth-order valence-corrected chi connectivity index (χ4v) is 2.74. The first-order valence-corrected chi connectivity index (χ1v) is 8.50. The molecule has 1 aromatic rings. The van der Waals surface area contributed by atoms with Gasteiger partial charge in [-0.1, -0.05) is 13.3 Å². The summed E-state index contributed by atoms with van der Waals surface area (Å²) in [5.41, 5.74) is 5.74. The van der Waals surface area contributed by atoms with E-state index in [1.807, 2.05) is 6.92 Å². The van der Waals surface area contributed by atoms with Crippen LogP contribution in [0.2, 0.25) is 0 Å². The van der Waals surface area contributed by atoms with Gasteiger partial charge in [0.25, 0.3) is 0 Å². The Bertz CT molecular complexity index is 574. The average Bonchev–Trinajstić information content (AvgIpc) is 2.37. The predicted octanol–water partition coefficient (Wildman–Crippen LogP) is 1.90. The van der Waals surface area contributed by atoms with Crippen LogP contribution in [0.1, 0.15) is 33.6 Å². The number of nitrogens with two attached hydrogens (primary N) is 1. The molecule has 0 atom stereocenters. The lowest BCUT2D eigenvalue weighted by Crippen LogP contribution is -2.45. The second-order valence-corrected chi connectivity index (χ2v) is 7.37. The zero-order valence-corrected chi connectivity index (χ0v) is 13.5. The van der Waals surface area contributed by atoms with Gasteiger partial charge in [0.15, 0.2) is 0 Å². The highest BCUT2D eigenvalue weighted by molar-refractivity contribution is 7.92. The number of hydrogen-bond acceptors (Lipinski definition) is 4. The molecule has 0 aliphatic carbocycles. The van der Waals surface area contributed by atoms with Gasteiger partial charge in [-0.25, -0.2) is 8.42 Å². The molecule has 21 heavy (non-hydrogen) atoms. The first-order chi connectivity index (χ1) is 9.64. The third-order valence-electron chi connectivity index (χ3n) is 2.77. The fourth-order valence-electron chi connectivity index (χ4n) is 1.48. The first-order valence-electron chi connectivity index (χ1n) is 6.85. The molecule has 0 saturated heterocycles. The SMILES string of the molecule is CCCCS(=O)(=O)Nc1ccc(NC(=O)C(C)(C)N)cc1. The zero-order chi connectivity index (χ0) is 16.1. The Labute approximate surface area is 126 Å². The van der Waals surface area contributed by atoms with Crippen LogP contribution in [0.15, 0.2) is 24.3 Å². The highest BCUT2D eigenvalue weighted by Crippen LogP contribution is 2.16. The Balaban J connectivity index is 2.69. The second kappa shape index (κ2) is 6.91. The summed E-state index contributed by atoms with van der Waals surface area (Å²) in [7, 11) is -3.31. The van der Waals surface area contributed by atoms with E-state index in [9.17, 15) is 13.2 Å². The Morgan fingerprint density at radius 3 is 2.19 bits per heavy atom. The van der Waals surface area contributed by atoms with Crippen LogP contribution in [-0.2, 0) is 14.8 Å². The van der Waals surface area contributed by atoms with E-state index >= 15 is 0 Å². The topological polar surface area (TPSA) is 101 Å². The van der Waals surface area contributed by atoms with Crippen molar-refractivity contribution in [3.63, 3.8) is 0 Å². The number of carbonyl (C=O) groups is 1. The van der Waals surface area contributed by atoms with Gasteiger partial charge in [0.05, 0.1) is 11.3 Å². The molecule has 1 amide bonds. The highest BCUT2D eigenvalue weighted by atomic mass is 32.2. The highest BCUT2D eigenvalue weighted by Gasteiger charge is 2.21. The summed E-state index contributed by atoms with van der Waals surface area (Å²) in [5, 5.41) is 2.67. The monoisotopic (exact) mass is 313 g/mol. The van der Waals surface area contributed by atoms with Crippen molar-refractivity contribution in [3.05, 3.63) is 24.3 Å². The van der Waals surface area contributed by atoms with Gasteiger partial charge in [-0.3, -0.25) is 9.52 Å². The number of anilines is 2. The lowest BCUT2D eigenvalue weighted by molar-refractivity contribution is -0.120. The molecule has 0 radical (unpaired) electrons. The van der Waals surface area contributed by atoms with Crippen LogP contribution < -0.4 is 15.8 Å². The van der Waals surface area contributed by atoms with Gasteiger partial charge in [-0.2, -0.15) is 0 Å². The summed E-state index contributed by atoms with van der Waals surface area (Å²) >= 11 is 0. The molecule has 0 bridgehead atoms. The zero-order valence-electron chi connectivity index (χ0n) is 12.6. The second-order valence-electron chi connectivity index (χ2n) is 5.53. The molecule has 0 aliphatic rings. The lowest BCUT2D eigenvalue weighted by atomic mass is 10.1. The van der Waals surface area contributed by atoms with Gasteiger partial charge in [0.2, 0.25) is 15.9 Å². The number of carbonyl (C=O) groups excluding carboxylic acids is 1.